The minimum absolute atomic E-state index is 0.0784. The number of carbonyl (C=O) groups is 1. The molecule has 0 aromatic heterocycles. The Balaban J connectivity index is 1.24. The molecule has 2 aliphatic heterocycles. The molecule has 6 nitrogen and oxygen atoms in total. The number of Topliss-reactive ketones (excluding diaryl/α,β-unsaturated/α-hetero) is 1. The van der Waals surface area contributed by atoms with Gasteiger partial charge in [-0.25, -0.2) is 0 Å². The van der Waals surface area contributed by atoms with Crippen LogP contribution in [0.15, 0.2) is 0 Å². The average Bonchev–Trinajstić information content (AvgIpc) is 2.53. The van der Waals surface area contributed by atoms with Crippen LogP contribution in [0.3, 0.4) is 0 Å². The molecule has 0 amide bonds. The lowest BCUT2D eigenvalue weighted by molar-refractivity contribution is -0.256. The molecule has 168 valence electrons. The van der Waals surface area contributed by atoms with Crippen molar-refractivity contribution in [3.05, 3.63) is 0 Å². The maximum Gasteiger partial charge on any atom is 0.137 e. The van der Waals surface area contributed by atoms with Gasteiger partial charge in [0.2, 0.25) is 0 Å². The fourth-order valence-corrected chi connectivity index (χ4v) is 4.45. The number of ketones is 1. The molecule has 0 radical (unpaired) electrons. The molecule has 1 saturated carbocycles. The van der Waals surface area contributed by atoms with Crippen molar-refractivity contribution in [3.8, 4) is 0 Å². The molecule has 0 spiro atoms. The quantitative estimate of drug-likeness (QED) is 0.611. The summed E-state index contributed by atoms with van der Waals surface area (Å²) in [5, 5.41) is 2.08. The number of hydroxylamine groups is 2. The maximum absolute atomic E-state index is 12.6. The van der Waals surface area contributed by atoms with Gasteiger partial charge in [0.25, 0.3) is 0 Å². The molecular formula is C23H42N2O4. The summed E-state index contributed by atoms with van der Waals surface area (Å²) in [5.74, 6) is 0.628. The Morgan fingerprint density at radius 3 is 1.97 bits per heavy atom. The SMILES string of the molecule is CC(C)(C)OC1CC(ON2CCC(C(=O)CCN3CC(OC(C)(C)C)C3)CC2)C1. The first-order chi connectivity index (χ1) is 13.5. The number of carbonyl (C=O) groups excluding carboxylic acids is 1. The first kappa shape index (κ1) is 23.1. The molecule has 0 unspecified atom stereocenters. The van der Waals surface area contributed by atoms with E-state index in [1.165, 1.54) is 0 Å². The predicted octanol–water partition coefficient (Wildman–Crippen LogP) is 3.43. The molecule has 0 bridgehead atoms. The summed E-state index contributed by atoms with van der Waals surface area (Å²) in [4.78, 5) is 21.0. The Labute approximate surface area is 177 Å². The van der Waals surface area contributed by atoms with Gasteiger partial charge in [-0.1, -0.05) is 0 Å². The lowest BCUT2D eigenvalue weighted by atomic mass is 9.90. The van der Waals surface area contributed by atoms with Gasteiger partial charge in [0.1, 0.15) is 5.78 Å². The molecule has 0 aromatic carbocycles. The molecule has 0 aromatic rings. The number of likely N-dealkylation sites (tertiary alicyclic amines) is 1. The second kappa shape index (κ2) is 9.31. The fraction of sp³-hybridized carbons (Fsp3) is 0.957. The van der Waals surface area contributed by atoms with Crippen LogP contribution in [0, 0.1) is 5.92 Å². The molecule has 3 rings (SSSR count). The molecule has 29 heavy (non-hydrogen) atoms. The Hall–Kier alpha value is -0.530. The normalized spacial score (nSPS) is 28.2. The molecule has 1 aliphatic carbocycles. The summed E-state index contributed by atoms with van der Waals surface area (Å²) in [6.07, 6.45) is 5.40. The van der Waals surface area contributed by atoms with Crippen LogP contribution < -0.4 is 0 Å². The zero-order valence-electron chi connectivity index (χ0n) is 19.4. The van der Waals surface area contributed by atoms with Crippen molar-refractivity contribution in [1.29, 1.82) is 0 Å². The van der Waals surface area contributed by atoms with Gasteiger partial charge >= 0.3 is 0 Å². The van der Waals surface area contributed by atoms with Crippen LogP contribution in [-0.4, -0.2) is 78.0 Å². The molecule has 2 heterocycles. The zero-order valence-corrected chi connectivity index (χ0v) is 19.4. The van der Waals surface area contributed by atoms with E-state index in [9.17, 15) is 4.79 Å². The van der Waals surface area contributed by atoms with E-state index in [-0.39, 0.29) is 23.2 Å². The van der Waals surface area contributed by atoms with Crippen molar-refractivity contribution in [1.82, 2.24) is 9.96 Å². The first-order valence-electron chi connectivity index (χ1n) is 11.5. The number of nitrogens with zero attached hydrogens (tertiary/aromatic N) is 2. The van der Waals surface area contributed by atoms with Crippen LogP contribution >= 0.6 is 0 Å². The second-order valence-electron chi connectivity index (χ2n) is 11.1. The van der Waals surface area contributed by atoms with Crippen molar-refractivity contribution in [3.63, 3.8) is 0 Å². The van der Waals surface area contributed by atoms with E-state index in [0.717, 1.165) is 58.4 Å². The first-order valence-corrected chi connectivity index (χ1v) is 11.5. The number of piperidine rings is 1. The minimum Gasteiger partial charge on any atom is -0.372 e. The van der Waals surface area contributed by atoms with E-state index in [2.05, 4.69) is 51.5 Å². The van der Waals surface area contributed by atoms with Gasteiger partial charge in [0, 0.05) is 57.9 Å². The summed E-state index contributed by atoms with van der Waals surface area (Å²) >= 11 is 0. The van der Waals surface area contributed by atoms with E-state index in [0.29, 0.717) is 24.4 Å². The summed E-state index contributed by atoms with van der Waals surface area (Å²) in [5.41, 5.74) is -0.159. The second-order valence-corrected chi connectivity index (χ2v) is 11.1. The lowest BCUT2D eigenvalue weighted by Crippen LogP contribution is -2.54. The van der Waals surface area contributed by atoms with E-state index < -0.39 is 0 Å². The Kier molecular flexibility index (Phi) is 7.43. The van der Waals surface area contributed by atoms with Crippen LogP contribution in [0.5, 0.6) is 0 Å². The highest BCUT2D eigenvalue weighted by Gasteiger charge is 2.36. The number of hydrogen-bond donors (Lipinski definition) is 0. The van der Waals surface area contributed by atoms with Crippen molar-refractivity contribution in [2.75, 3.05) is 32.7 Å². The molecule has 2 saturated heterocycles. The molecule has 3 fully saturated rings. The molecule has 0 N–H and O–H groups in total. The third-order valence-electron chi connectivity index (χ3n) is 5.90. The molecular weight excluding hydrogens is 368 g/mol. The van der Waals surface area contributed by atoms with Gasteiger partial charge in [-0.15, -0.1) is 0 Å². The monoisotopic (exact) mass is 410 g/mol. The van der Waals surface area contributed by atoms with Gasteiger partial charge < -0.3 is 9.47 Å². The Morgan fingerprint density at radius 1 is 0.862 bits per heavy atom. The van der Waals surface area contributed by atoms with Gasteiger partial charge in [-0.2, -0.15) is 5.06 Å². The number of rotatable bonds is 8. The molecule has 3 aliphatic rings. The van der Waals surface area contributed by atoms with Gasteiger partial charge in [-0.05, 0) is 54.4 Å². The van der Waals surface area contributed by atoms with Crippen LogP contribution in [0.25, 0.3) is 0 Å². The average molecular weight is 411 g/mol. The fourth-order valence-electron chi connectivity index (χ4n) is 4.45. The van der Waals surface area contributed by atoms with E-state index >= 15 is 0 Å². The third-order valence-corrected chi connectivity index (χ3v) is 5.90. The minimum atomic E-state index is -0.0807. The summed E-state index contributed by atoms with van der Waals surface area (Å²) in [6.45, 7) is 17.1. The van der Waals surface area contributed by atoms with Gasteiger partial charge in [0.05, 0.1) is 29.5 Å². The number of hydrogen-bond acceptors (Lipinski definition) is 6. The van der Waals surface area contributed by atoms with Crippen LogP contribution in [0.4, 0.5) is 0 Å². The Morgan fingerprint density at radius 2 is 1.41 bits per heavy atom. The van der Waals surface area contributed by atoms with E-state index in [1.807, 2.05) is 0 Å². The largest absolute Gasteiger partial charge is 0.372 e. The Bertz CT molecular complexity index is 534. The van der Waals surface area contributed by atoms with E-state index in [4.69, 9.17) is 14.3 Å². The van der Waals surface area contributed by atoms with Gasteiger partial charge in [-0.3, -0.25) is 14.5 Å². The smallest absolute Gasteiger partial charge is 0.137 e. The van der Waals surface area contributed by atoms with Crippen molar-refractivity contribution < 1.29 is 19.1 Å². The number of ether oxygens (including phenoxy) is 2. The highest BCUT2D eigenvalue weighted by molar-refractivity contribution is 5.81. The zero-order chi connectivity index (χ0) is 21.2. The van der Waals surface area contributed by atoms with E-state index in [1.54, 1.807) is 0 Å². The molecule has 6 heteroatoms. The molecule has 0 atom stereocenters. The summed E-state index contributed by atoms with van der Waals surface area (Å²) in [7, 11) is 0. The predicted molar refractivity (Wildman–Crippen MR) is 114 cm³/mol. The highest BCUT2D eigenvalue weighted by Crippen LogP contribution is 2.31. The van der Waals surface area contributed by atoms with Crippen LogP contribution in [-0.2, 0) is 19.1 Å². The lowest BCUT2D eigenvalue weighted by Gasteiger charge is -2.42. The van der Waals surface area contributed by atoms with Crippen LogP contribution in [0.1, 0.15) is 73.6 Å². The van der Waals surface area contributed by atoms with Crippen LogP contribution in [0.2, 0.25) is 0 Å². The van der Waals surface area contributed by atoms with Crippen molar-refractivity contribution in [2.45, 2.75) is 103 Å². The topological polar surface area (TPSA) is 51.2 Å². The van der Waals surface area contributed by atoms with Gasteiger partial charge in [0.15, 0.2) is 0 Å². The summed E-state index contributed by atoms with van der Waals surface area (Å²) in [6, 6.07) is 0. The summed E-state index contributed by atoms with van der Waals surface area (Å²) < 4.78 is 11.9. The third kappa shape index (κ3) is 7.59. The maximum atomic E-state index is 12.6. The highest BCUT2D eigenvalue weighted by atomic mass is 16.7. The standard InChI is InChI=1S/C23H42N2O4/c1-22(2,3)27-18-13-19(14-18)29-25-11-7-17(8-12-25)21(26)9-10-24-15-20(16-24)28-23(4,5)6/h17-20H,7-16H2,1-6H3. The van der Waals surface area contributed by atoms with Crippen molar-refractivity contribution in [2.24, 2.45) is 5.92 Å². The van der Waals surface area contributed by atoms with Crippen molar-refractivity contribution >= 4 is 5.78 Å².